The summed E-state index contributed by atoms with van der Waals surface area (Å²) in [4.78, 5) is 15.4. The fourth-order valence-corrected chi connectivity index (χ4v) is 4.15. The lowest BCUT2D eigenvalue weighted by Crippen LogP contribution is -2.52. The first-order valence-electron chi connectivity index (χ1n) is 9.02. The van der Waals surface area contributed by atoms with Gasteiger partial charge in [0, 0.05) is 29.4 Å². The minimum Gasteiger partial charge on any atom is -0.351 e. The number of aromatic amines is 1. The third kappa shape index (κ3) is 2.59. The van der Waals surface area contributed by atoms with Gasteiger partial charge >= 0.3 is 6.18 Å². The van der Waals surface area contributed by atoms with Crippen LogP contribution in [0.2, 0.25) is 0 Å². The number of anilines is 1. The first-order chi connectivity index (χ1) is 13.4. The minimum atomic E-state index is -4.50. The van der Waals surface area contributed by atoms with Crippen molar-refractivity contribution in [3.8, 4) is 17.3 Å². The van der Waals surface area contributed by atoms with E-state index in [1.165, 1.54) is 25.2 Å². The number of H-pyrrole nitrogens is 1. The van der Waals surface area contributed by atoms with Crippen molar-refractivity contribution in [1.29, 1.82) is 5.26 Å². The Kier molecular flexibility index (Phi) is 3.59. The summed E-state index contributed by atoms with van der Waals surface area (Å²) in [7, 11) is 0. The molecule has 5 rings (SSSR count). The second-order valence-electron chi connectivity index (χ2n) is 7.38. The number of nitriles is 1. The van der Waals surface area contributed by atoms with Gasteiger partial charge in [-0.25, -0.2) is 15.0 Å². The van der Waals surface area contributed by atoms with Crippen LogP contribution in [-0.2, 0) is 6.18 Å². The van der Waals surface area contributed by atoms with Gasteiger partial charge in [-0.1, -0.05) is 0 Å². The van der Waals surface area contributed by atoms with Gasteiger partial charge in [0.15, 0.2) is 0 Å². The fourth-order valence-electron chi connectivity index (χ4n) is 4.15. The highest BCUT2D eigenvalue weighted by Gasteiger charge is 2.47. The highest BCUT2D eigenvalue weighted by molar-refractivity contribution is 5.94. The summed E-state index contributed by atoms with van der Waals surface area (Å²) in [5.74, 6) is 1.82. The minimum absolute atomic E-state index is 0.194. The number of pyridine rings is 1. The maximum absolute atomic E-state index is 13.1. The Hall–Kier alpha value is -3.15. The van der Waals surface area contributed by atoms with E-state index in [0.29, 0.717) is 29.1 Å². The van der Waals surface area contributed by atoms with E-state index in [2.05, 4.69) is 25.3 Å². The molecule has 28 heavy (non-hydrogen) atoms. The van der Waals surface area contributed by atoms with E-state index in [4.69, 9.17) is 0 Å². The summed E-state index contributed by atoms with van der Waals surface area (Å²) in [6, 6.07) is 3.36. The van der Waals surface area contributed by atoms with E-state index in [-0.39, 0.29) is 16.6 Å². The molecule has 0 amide bonds. The van der Waals surface area contributed by atoms with E-state index in [1.54, 1.807) is 0 Å². The van der Waals surface area contributed by atoms with Gasteiger partial charge in [0.1, 0.15) is 11.7 Å². The van der Waals surface area contributed by atoms with E-state index < -0.39 is 11.7 Å². The van der Waals surface area contributed by atoms with Gasteiger partial charge in [0.05, 0.1) is 23.0 Å². The SMILES string of the molecule is N#Cc1cnc(N[C@@H]2CC3CCC32)nc1-c1c[nH]c2ncc(C(F)(F)F)cc12. The molecule has 0 bridgehead atoms. The third-order valence-corrected chi connectivity index (χ3v) is 5.89. The first kappa shape index (κ1) is 17.0. The molecule has 2 N–H and O–H groups in total. The number of halogens is 3. The zero-order chi connectivity index (χ0) is 19.5. The van der Waals surface area contributed by atoms with Crippen LogP contribution >= 0.6 is 0 Å². The number of alkyl halides is 3. The number of hydrogen-bond acceptors (Lipinski definition) is 5. The molecule has 2 aliphatic carbocycles. The third-order valence-electron chi connectivity index (χ3n) is 5.89. The van der Waals surface area contributed by atoms with Crippen molar-refractivity contribution in [2.75, 3.05) is 5.32 Å². The fraction of sp³-hybridized carbons (Fsp3) is 0.368. The van der Waals surface area contributed by atoms with Gasteiger partial charge in [-0.3, -0.25) is 0 Å². The monoisotopic (exact) mass is 384 g/mol. The van der Waals surface area contributed by atoms with Crippen molar-refractivity contribution in [2.24, 2.45) is 11.8 Å². The summed E-state index contributed by atoms with van der Waals surface area (Å²) in [5.41, 5.74) is 0.329. The smallest absolute Gasteiger partial charge is 0.351 e. The van der Waals surface area contributed by atoms with E-state index in [9.17, 15) is 18.4 Å². The average Bonchev–Trinajstić information content (AvgIpc) is 3.07. The molecule has 2 fully saturated rings. The second-order valence-corrected chi connectivity index (χ2v) is 7.38. The number of nitrogens with zero attached hydrogens (tertiary/aromatic N) is 4. The summed E-state index contributed by atoms with van der Waals surface area (Å²) in [5, 5.41) is 13.0. The van der Waals surface area contributed by atoms with Crippen LogP contribution in [0.3, 0.4) is 0 Å². The molecule has 3 aromatic rings. The summed E-state index contributed by atoms with van der Waals surface area (Å²) >= 11 is 0. The summed E-state index contributed by atoms with van der Waals surface area (Å²) < 4.78 is 39.3. The largest absolute Gasteiger partial charge is 0.417 e. The molecular weight excluding hydrogens is 369 g/mol. The molecule has 0 aromatic carbocycles. The van der Waals surface area contributed by atoms with Crippen LogP contribution in [0.1, 0.15) is 30.4 Å². The molecule has 0 saturated heterocycles. The number of aromatic nitrogens is 4. The van der Waals surface area contributed by atoms with Gasteiger partial charge in [0.25, 0.3) is 0 Å². The lowest BCUT2D eigenvalue weighted by Gasteiger charge is -2.53. The van der Waals surface area contributed by atoms with Crippen LogP contribution in [-0.4, -0.2) is 26.0 Å². The molecule has 0 aliphatic heterocycles. The zero-order valence-electron chi connectivity index (χ0n) is 14.6. The van der Waals surface area contributed by atoms with E-state index in [1.807, 2.05) is 6.07 Å². The molecule has 3 aromatic heterocycles. The van der Waals surface area contributed by atoms with Crippen LogP contribution in [0.15, 0.2) is 24.7 Å². The Balaban J connectivity index is 1.56. The topological polar surface area (TPSA) is 90.3 Å². The van der Waals surface area contributed by atoms with Crippen molar-refractivity contribution < 1.29 is 13.2 Å². The number of hydrogen-bond donors (Lipinski definition) is 2. The molecular formula is C19H15F3N6. The quantitative estimate of drug-likeness (QED) is 0.709. The maximum atomic E-state index is 13.1. The molecule has 0 radical (unpaired) electrons. The lowest BCUT2D eigenvalue weighted by molar-refractivity contribution is -0.137. The van der Waals surface area contributed by atoms with E-state index in [0.717, 1.165) is 24.6 Å². The van der Waals surface area contributed by atoms with Crippen LogP contribution in [0, 0.1) is 23.2 Å². The molecule has 3 heterocycles. The zero-order valence-corrected chi connectivity index (χ0v) is 14.6. The van der Waals surface area contributed by atoms with Crippen LogP contribution in [0.25, 0.3) is 22.3 Å². The molecule has 0 spiro atoms. The maximum Gasteiger partial charge on any atom is 0.417 e. The normalized spacial score (nSPS) is 23.4. The first-order valence-corrected chi connectivity index (χ1v) is 9.02. The van der Waals surface area contributed by atoms with Gasteiger partial charge in [-0.15, -0.1) is 0 Å². The predicted octanol–water partition coefficient (Wildman–Crippen LogP) is 4.12. The van der Waals surface area contributed by atoms with Gasteiger partial charge in [0.2, 0.25) is 5.95 Å². The number of fused-ring (bicyclic) bond motifs is 2. The van der Waals surface area contributed by atoms with Crippen LogP contribution in [0.4, 0.5) is 19.1 Å². The van der Waals surface area contributed by atoms with Gasteiger partial charge in [-0.05, 0) is 37.2 Å². The Morgan fingerprint density at radius 2 is 2.07 bits per heavy atom. The molecule has 142 valence electrons. The standard InChI is InChI=1S/C19H15F3N6/c20-19(21,22)11-4-13-14(8-25-17(13)24-7-11)16-10(5-23)6-26-18(28-16)27-15-3-9-1-2-12(9)15/h4,6-9,12,15H,1-3H2,(H,24,25)(H,26,27,28)/t9?,12?,15-/m1/s1. The lowest BCUT2D eigenvalue weighted by atomic mass is 9.56. The second kappa shape index (κ2) is 5.92. The highest BCUT2D eigenvalue weighted by atomic mass is 19.4. The summed E-state index contributed by atoms with van der Waals surface area (Å²) in [6.07, 6.45) is 2.75. The van der Waals surface area contributed by atoms with Gasteiger partial charge in [-0.2, -0.15) is 18.4 Å². The summed E-state index contributed by atoms with van der Waals surface area (Å²) in [6.45, 7) is 0. The highest BCUT2D eigenvalue weighted by Crippen LogP contribution is 2.50. The van der Waals surface area contributed by atoms with Crippen molar-refractivity contribution >= 4 is 17.0 Å². The molecule has 9 heteroatoms. The molecule has 2 unspecified atom stereocenters. The molecule has 2 saturated carbocycles. The van der Waals surface area contributed by atoms with Crippen molar-refractivity contribution in [3.05, 3.63) is 35.8 Å². The molecule has 3 atom stereocenters. The van der Waals surface area contributed by atoms with Crippen molar-refractivity contribution in [3.63, 3.8) is 0 Å². The Bertz CT molecular complexity index is 1110. The average molecular weight is 384 g/mol. The van der Waals surface area contributed by atoms with Crippen LogP contribution < -0.4 is 5.32 Å². The van der Waals surface area contributed by atoms with Crippen molar-refractivity contribution in [1.82, 2.24) is 19.9 Å². The molecule has 2 aliphatic rings. The Labute approximate surface area is 157 Å². The van der Waals surface area contributed by atoms with Crippen molar-refractivity contribution in [2.45, 2.75) is 31.5 Å². The van der Waals surface area contributed by atoms with E-state index >= 15 is 0 Å². The number of nitrogens with one attached hydrogen (secondary N) is 2. The Morgan fingerprint density at radius 3 is 2.71 bits per heavy atom. The van der Waals surface area contributed by atoms with Gasteiger partial charge < -0.3 is 10.3 Å². The predicted molar refractivity (Wildman–Crippen MR) is 95.1 cm³/mol. The molecule has 6 nitrogen and oxygen atoms in total. The Morgan fingerprint density at radius 1 is 1.21 bits per heavy atom. The van der Waals surface area contributed by atoms with Crippen LogP contribution in [0.5, 0.6) is 0 Å². The number of rotatable bonds is 3.